The largest absolute Gasteiger partial charge is 0.464 e. The number of benzene rings is 1. The number of esters is 1. The number of hydrogen-bond acceptors (Lipinski definition) is 11. The highest BCUT2D eigenvalue weighted by Crippen LogP contribution is 2.40. The number of anilines is 3. The molecular weight excluding hydrogens is 638 g/mol. The molecule has 2 atom stereocenters. The monoisotopic (exact) mass is 671 g/mol. The van der Waals surface area contributed by atoms with Crippen molar-refractivity contribution in [1.29, 1.82) is 0 Å². The van der Waals surface area contributed by atoms with E-state index in [1.165, 1.54) is 23.7 Å². The number of thiazole rings is 1. The molecule has 2 saturated heterocycles. The fourth-order valence-corrected chi connectivity index (χ4v) is 6.76. The van der Waals surface area contributed by atoms with E-state index in [4.69, 9.17) is 26.8 Å². The Morgan fingerprint density at radius 1 is 1.18 bits per heavy atom. The van der Waals surface area contributed by atoms with Gasteiger partial charge in [0.05, 0.1) is 30.1 Å². The average molecular weight is 672 g/mol. The molecule has 0 saturated carbocycles. The van der Waals surface area contributed by atoms with E-state index in [0.717, 1.165) is 25.0 Å². The standard InChI is InChI=1S/C29H34ClF4N7O3S/c1-3-43-23(42)14-44-20-6-8-40(9-7-20)27-24(31)26(36-15-37-27)39-28-38-25(17-10-18(29(32,33)34)12-19(30)11-17)21(45-28)13-41-16(2)4-5-22(41)35/h10-12,15-16,20,22H,3-9,13-14,35H2,1-2H3,(H,36,37,38,39)/t16-,22+/m1/s1. The van der Waals surface area contributed by atoms with E-state index in [-0.39, 0.29) is 58.9 Å². The summed E-state index contributed by atoms with van der Waals surface area (Å²) < 4.78 is 67.2. The lowest BCUT2D eigenvalue weighted by Gasteiger charge is -2.32. The summed E-state index contributed by atoms with van der Waals surface area (Å²) in [6.07, 6.45) is -0.960. The number of hydrogen-bond donors (Lipinski definition) is 2. The van der Waals surface area contributed by atoms with Gasteiger partial charge < -0.3 is 25.4 Å². The Balaban J connectivity index is 1.38. The van der Waals surface area contributed by atoms with Crippen LogP contribution in [-0.2, 0) is 27.0 Å². The number of piperidine rings is 1. The van der Waals surface area contributed by atoms with E-state index < -0.39 is 23.5 Å². The van der Waals surface area contributed by atoms with Crippen molar-refractivity contribution < 1.29 is 31.8 Å². The maximum absolute atomic E-state index is 15.8. The molecule has 0 radical (unpaired) electrons. The molecule has 2 aliphatic rings. The first-order chi connectivity index (χ1) is 21.4. The second kappa shape index (κ2) is 14.1. The van der Waals surface area contributed by atoms with Gasteiger partial charge in [-0.25, -0.2) is 19.7 Å². The van der Waals surface area contributed by atoms with E-state index >= 15 is 4.39 Å². The van der Waals surface area contributed by atoms with Crippen LogP contribution in [0.4, 0.5) is 34.3 Å². The van der Waals surface area contributed by atoms with Crippen molar-refractivity contribution in [1.82, 2.24) is 19.9 Å². The molecule has 2 fully saturated rings. The second-order valence-electron chi connectivity index (χ2n) is 11.0. The summed E-state index contributed by atoms with van der Waals surface area (Å²) in [5, 5.41) is 3.07. The lowest BCUT2D eigenvalue weighted by atomic mass is 10.1. The third-order valence-corrected chi connectivity index (χ3v) is 9.05. The minimum atomic E-state index is -4.61. The number of ether oxygens (including phenoxy) is 2. The number of nitrogens with zero attached hydrogens (tertiary/aromatic N) is 5. The number of halogens is 5. The van der Waals surface area contributed by atoms with Crippen molar-refractivity contribution in [2.24, 2.45) is 5.73 Å². The smallest absolute Gasteiger partial charge is 0.416 e. The summed E-state index contributed by atoms with van der Waals surface area (Å²) in [4.78, 5) is 28.9. The van der Waals surface area contributed by atoms with Gasteiger partial charge in [0.15, 0.2) is 16.8 Å². The first kappa shape index (κ1) is 33.3. The molecule has 4 heterocycles. The van der Waals surface area contributed by atoms with Crippen LogP contribution in [0.15, 0.2) is 24.5 Å². The minimum absolute atomic E-state index is 0.0823. The van der Waals surface area contributed by atoms with Crippen LogP contribution in [0.5, 0.6) is 0 Å². The van der Waals surface area contributed by atoms with Crippen molar-refractivity contribution in [3.63, 3.8) is 0 Å². The molecule has 1 aromatic carbocycles. The van der Waals surface area contributed by atoms with Crippen LogP contribution in [0.1, 0.15) is 50.0 Å². The maximum atomic E-state index is 15.8. The molecule has 0 unspecified atom stereocenters. The third kappa shape index (κ3) is 8.01. The van der Waals surface area contributed by atoms with Gasteiger partial charge in [-0.3, -0.25) is 4.90 Å². The topological polar surface area (TPSA) is 119 Å². The first-order valence-electron chi connectivity index (χ1n) is 14.6. The number of nitrogens with two attached hydrogens (primary N) is 1. The summed E-state index contributed by atoms with van der Waals surface area (Å²) in [6, 6.07) is 3.46. The average Bonchev–Trinajstić information content (AvgIpc) is 3.54. The Kier molecular flexibility index (Phi) is 10.4. The molecule has 45 heavy (non-hydrogen) atoms. The van der Waals surface area contributed by atoms with Gasteiger partial charge in [0, 0.05) is 41.1 Å². The molecule has 0 aliphatic carbocycles. The Morgan fingerprint density at radius 2 is 1.93 bits per heavy atom. The number of carbonyl (C=O) groups excluding carboxylic acids is 1. The fourth-order valence-electron chi connectivity index (χ4n) is 5.53. The van der Waals surface area contributed by atoms with Crippen molar-refractivity contribution in [2.75, 3.05) is 36.5 Å². The molecule has 0 amide bonds. The van der Waals surface area contributed by atoms with Crippen LogP contribution in [0.3, 0.4) is 0 Å². The SMILES string of the molecule is CCOC(=O)COC1CCN(c2ncnc(Nc3nc(-c4cc(Cl)cc(C(F)(F)F)c4)c(CN4[C@H](C)CC[C@H]4N)s3)c2F)CC1. The first-order valence-corrected chi connectivity index (χ1v) is 15.8. The van der Waals surface area contributed by atoms with E-state index in [2.05, 4.69) is 25.2 Å². The van der Waals surface area contributed by atoms with Gasteiger partial charge in [-0.15, -0.1) is 0 Å². The zero-order valence-electron chi connectivity index (χ0n) is 24.7. The van der Waals surface area contributed by atoms with Crippen molar-refractivity contribution in [3.05, 3.63) is 45.8 Å². The van der Waals surface area contributed by atoms with E-state index in [1.807, 2.05) is 6.92 Å². The van der Waals surface area contributed by atoms with Crippen LogP contribution in [0.2, 0.25) is 5.02 Å². The Bertz CT molecular complexity index is 1490. The van der Waals surface area contributed by atoms with Gasteiger partial charge in [0.1, 0.15) is 12.9 Å². The summed E-state index contributed by atoms with van der Waals surface area (Å²) in [5.41, 5.74) is 5.91. The van der Waals surface area contributed by atoms with E-state index in [1.54, 1.807) is 11.8 Å². The molecular formula is C29H34ClF4N7O3S. The number of alkyl halides is 3. The molecule has 2 aliphatic heterocycles. The molecule has 3 N–H and O–H groups in total. The van der Waals surface area contributed by atoms with Crippen LogP contribution < -0.4 is 16.0 Å². The second-order valence-corrected chi connectivity index (χ2v) is 12.5. The Hall–Kier alpha value is -3.11. The lowest BCUT2D eigenvalue weighted by Crippen LogP contribution is -2.39. The van der Waals surface area contributed by atoms with Gasteiger partial charge in [-0.05, 0) is 57.7 Å². The number of aromatic nitrogens is 3. The molecule has 2 aromatic heterocycles. The number of likely N-dealkylation sites (tertiary alicyclic amines) is 1. The van der Waals surface area contributed by atoms with Gasteiger partial charge in [0.2, 0.25) is 5.82 Å². The summed E-state index contributed by atoms with van der Waals surface area (Å²) in [5.74, 6) is -1.16. The highest BCUT2D eigenvalue weighted by atomic mass is 35.5. The van der Waals surface area contributed by atoms with Crippen LogP contribution in [-0.4, -0.2) is 70.4 Å². The van der Waals surface area contributed by atoms with Crippen molar-refractivity contribution in [2.45, 2.75) is 70.6 Å². The fraction of sp³-hybridized carbons (Fsp3) is 0.517. The van der Waals surface area contributed by atoms with Crippen LogP contribution in [0.25, 0.3) is 11.3 Å². The maximum Gasteiger partial charge on any atom is 0.416 e. The number of carbonyl (C=O) groups is 1. The summed E-state index contributed by atoms with van der Waals surface area (Å²) in [7, 11) is 0. The predicted octanol–water partition coefficient (Wildman–Crippen LogP) is 5.97. The number of rotatable bonds is 10. The van der Waals surface area contributed by atoms with Crippen LogP contribution in [0, 0.1) is 5.82 Å². The molecule has 0 spiro atoms. The summed E-state index contributed by atoms with van der Waals surface area (Å²) in [6.45, 7) is 5.13. The van der Waals surface area contributed by atoms with Gasteiger partial charge in [0.25, 0.3) is 0 Å². The predicted molar refractivity (Wildman–Crippen MR) is 163 cm³/mol. The minimum Gasteiger partial charge on any atom is -0.464 e. The van der Waals surface area contributed by atoms with E-state index in [0.29, 0.717) is 43.0 Å². The van der Waals surface area contributed by atoms with E-state index in [9.17, 15) is 18.0 Å². The van der Waals surface area contributed by atoms with Gasteiger partial charge in [-0.1, -0.05) is 22.9 Å². The normalized spacial score (nSPS) is 19.7. The van der Waals surface area contributed by atoms with Crippen LogP contribution >= 0.6 is 22.9 Å². The molecule has 3 aromatic rings. The van der Waals surface area contributed by atoms with Gasteiger partial charge in [-0.2, -0.15) is 17.6 Å². The molecule has 5 rings (SSSR count). The Labute approximate surface area is 266 Å². The zero-order valence-corrected chi connectivity index (χ0v) is 26.3. The zero-order chi connectivity index (χ0) is 32.3. The van der Waals surface area contributed by atoms with Crippen molar-refractivity contribution in [3.8, 4) is 11.3 Å². The molecule has 10 nitrogen and oxygen atoms in total. The number of nitrogens with one attached hydrogen (secondary N) is 1. The highest BCUT2D eigenvalue weighted by Gasteiger charge is 2.33. The molecule has 244 valence electrons. The summed E-state index contributed by atoms with van der Waals surface area (Å²) >= 11 is 7.29. The third-order valence-electron chi connectivity index (χ3n) is 7.87. The lowest BCUT2D eigenvalue weighted by molar-refractivity contribution is -0.151. The molecule has 16 heteroatoms. The quantitative estimate of drug-likeness (QED) is 0.197. The Morgan fingerprint density at radius 3 is 2.60 bits per heavy atom. The molecule has 0 bridgehead atoms. The van der Waals surface area contributed by atoms with Gasteiger partial charge >= 0.3 is 12.1 Å². The highest BCUT2D eigenvalue weighted by molar-refractivity contribution is 7.16. The van der Waals surface area contributed by atoms with Crippen molar-refractivity contribution >= 4 is 45.7 Å².